The Morgan fingerprint density at radius 1 is 1.19 bits per heavy atom. The van der Waals surface area contributed by atoms with Crippen molar-refractivity contribution in [3.8, 4) is 5.82 Å². The smallest absolute Gasteiger partial charge is 0.340 e. The lowest BCUT2D eigenvalue weighted by atomic mass is 10.1. The Labute approximate surface area is 123 Å². The number of hydrogen-bond acceptors (Lipinski definition) is 3. The molecule has 0 radical (unpaired) electrons. The Hall–Kier alpha value is -2.62. The first-order chi connectivity index (χ1) is 10.2. The molecule has 0 aliphatic rings. The molecule has 0 N–H and O–H groups in total. The van der Waals surface area contributed by atoms with E-state index in [2.05, 4.69) is 4.98 Å². The molecule has 106 valence electrons. The van der Waals surface area contributed by atoms with Gasteiger partial charge in [-0.15, -0.1) is 0 Å². The van der Waals surface area contributed by atoms with Gasteiger partial charge in [-0.2, -0.15) is 0 Å². The van der Waals surface area contributed by atoms with Crippen molar-refractivity contribution >= 4 is 16.9 Å². The number of aromatic nitrogens is 2. The van der Waals surface area contributed by atoms with Crippen LogP contribution in [-0.4, -0.2) is 22.1 Å². The van der Waals surface area contributed by atoms with Crippen molar-refractivity contribution < 1.29 is 9.53 Å². The van der Waals surface area contributed by atoms with Crippen LogP contribution in [0.3, 0.4) is 0 Å². The maximum Gasteiger partial charge on any atom is 0.340 e. The molecule has 0 unspecified atom stereocenters. The molecule has 0 fully saturated rings. The molecule has 0 spiro atoms. The number of para-hydroxylation sites is 1. The van der Waals surface area contributed by atoms with Crippen LogP contribution in [0.15, 0.2) is 48.7 Å². The Kier molecular flexibility index (Phi) is 3.44. The molecule has 2 heterocycles. The molecule has 0 saturated heterocycles. The number of fused-ring (bicyclic) bond motifs is 1. The van der Waals surface area contributed by atoms with Crippen LogP contribution in [0.2, 0.25) is 0 Å². The van der Waals surface area contributed by atoms with Crippen LogP contribution in [0, 0.1) is 6.92 Å². The Morgan fingerprint density at radius 3 is 2.67 bits per heavy atom. The first-order valence-corrected chi connectivity index (χ1v) is 6.92. The predicted molar refractivity (Wildman–Crippen MR) is 81.8 cm³/mol. The van der Waals surface area contributed by atoms with Gasteiger partial charge in [0.05, 0.1) is 17.7 Å². The standard InChI is InChI=1S/C17H16N2O2/c1-3-21-17(20)16-12(2)19(15-10-6-7-11-18-15)14-9-5-4-8-13(14)16/h4-11H,3H2,1-2H3. The first-order valence-electron chi connectivity index (χ1n) is 6.92. The summed E-state index contributed by atoms with van der Waals surface area (Å²) in [4.78, 5) is 16.7. The average Bonchev–Trinajstić information content (AvgIpc) is 2.80. The highest BCUT2D eigenvalue weighted by atomic mass is 16.5. The molecule has 0 aliphatic heterocycles. The molecular formula is C17H16N2O2. The molecule has 1 aromatic carbocycles. The second kappa shape index (κ2) is 5.40. The third-order valence-electron chi connectivity index (χ3n) is 3.47. The number of carbonyl (C=O) groups is 1. The van der Waals surface area contributed by atoms with Gasteiger partial charge in [0.25, 0.3) is 0 Å². The van der Waals surface area contributed by atoms with Crippen LogP contribution >= 0.6 is 0 Å². The normalized spacial score (nSPS) is 10.8. The molecule has 4 heteroatoms. The Bertz CT molecular complexity index is 791. The van der Waals surface area contributed by atoms with Gasteiger partial charge in [-0.1, -0.05) is 24.3 Å². The van der Waals surface area contributed by atoms with E-state index in [1.165, 1.54) is 0 Å². The molecule has 3 aromatic rings. The number of rotatable bonds is 3. The molecule has 0 saturated carbocycles. The molecule has 3 rings (SSSR count). The fourth-order valence-corrected chi connectivity index (χ4v) is 2.61. The molecular weight excluding hydrogens is 264 g/mol. The van der Waals surface area contributed by atoms with Gasteiger partial charge in [-0.05, 0) is 32.0 Å². The molecule has 0 bridgehead atoms. The van der Waals surface area contributed by atoms with E-state index < -0.39 is 0 Å². The van der Waals surface area contributed by atoms with E-state index in [-0.39, 0.29) is 5.97 Å². The van der Waals surface area contributed by atoms with Crippen molar-refractivity contribution in [3.63, 3.8) is 0 Å². The van der Waals surface area contributed by atoms with Crippen LogP contribution in [-0.2, 0) is 4.74 Å². The van der Waals surface area contributed by atoms with Gasteiger partial charge < -0.3 is 4.74 Å². The largest absolute Gasteiger partial charge is 0.462 e. The SMILES string of the molecule is CCOC(=O)c1c(C)n(-c2ccccn2)c2ccccc12. The highest BCUT2D eigenvalue weighted by Gasteiger charge is 2.21. The lowest BCUT2D eigenvalue weighted by Gasteiger charge is -2.07. The number of pyridine rings is 1. The van der Waals surface area contributed by atoms with Gasteiger partial charge in [-0.3, -0.25) is 4.57 Å². The van der Waals surface area contributed by atoms with Crippen molar-refractivity contribution in [2.45, 2.75) is 13.8 Å². The minimum absolute atomic E-state index is 0.291. The van der Waals surface area contributed by atoms with Gasteiger partial charge >= 0.3 is 5.97 Å². The summed E-state index contributed by atoms with van der Waals surface area (Å²) in [6, 6.07) is 13.5. The minimum atomic E-state index is -0.291. The number of nitrogens with zero attached hydrogens (tertiary/aromatic N) is 2. The summed E-state index contributed by atoms with van der Waals surface area (Å²) < 4.78 is 7.18. The van der Waals surface area contributed by atoms with Crippen molar-refractivity contribution in [1.82, 2.24) is 9.55 Å². The maximum absolute atomic E-state index is 12.3. The molecule has 4 nitrogen and oxygen atoms in total. The summed E-state index contributed by atoms with van der Waals surface area (Å²) in [5.74, 6) is 0.502. The van der Waals surface area contributed by atoms with E-state index in [0.717, 1.165) is 22.4 Å². The highest BCUT2D eigenvalue weighted by Crippen LogP contribution is 2.28. The first kappa shape index (κ1) is 13.4. The van der Waals surface area contributed by atoms with E-state index in [9.17, 15) is 4.79 Å². The van der Waals surface area contributed by atoms with Crippen LogP contribution in [0.5, 0.6) is 0 Å². The van der Waals surface area contributed by atoms with E-state index >= 15 is 0 Å². The van der Waals surface area contributed by atoms with E-state index in [4.69, 9.17) is 4.74 Å². The van der Waals surface area contributed by atoms with Gasteiger partial charge in [0, 0.05) is 17.3 Å². The number of esters is 1. The van der Waals surface area contributed by atoms with Crippen molar-refractivity contribution in [2.75, 3.05) is 6.61 Å². The zero-order valence-electron chi connectivity index (χ0n) is 12.0. The summed E-state index contributed by atoms with van der Waals surface area (Å²) in [6.07, 6.45) is 1.74. The fourth-order valence-electron chi connectivity index (χ4n) is 2.61. The van der Waals surface area contributed by atoms with E-state index in [1.54, 1.807) is 6.20 Å². The topological polar surface area (TPSA) is 44.1 Å². The Balaban J connectivity index is 2.31. The average molecular weight is 280 g/mol. The lowest BCUT2D eigenvalue weighted by molar-refractivity contribution is 0.0527. The second-order valence-electron chi connectivity index (χ2n) is 4.72. The van der Waals surface area contributed by atoms with Gasteiger partial charge in [-0.25, -0.2) is 9.78 Å². The number of benzene rings is 1. The van der Waals surface area contributed by atoms with Gasteiger partial charge in [0.15, 0.2) is 0 Å². The summed E-state index contributed by atoms with van der Waals surface area (Å²) in [7, 11) is 0. The lowest BCUT2D eigenvalue weighted by Crippen LogP contribution is -2.07. The van der Waals surface area contributed by atoms with Crippen molar-refractivity contribution in [1.29, 1.82) is 0 Å². The second-order valence-corrected chi connectivity index (χ2v) is 4.72. The van der Waals surface area contributed by atoms with Crippen molar-refractivity contribution in [3.05, 3.63) is 59.9 Å². The minimum Gasteiger partial charge on any atom is -0.462 e. The summed E-state index contributed by atoms with van der Waals surface area (Å²) in [5, 5.41) is 0.888. The monoisotopic (exact) mass is 280 g/mol. The molecule has 0 amide bonds. The van der Waals surface area contributed by atoms with E-state index in [0.29, 0.717) is 12.2 Å². The zero-order valence-corrected chi connectivity index (χ0v) is 12.0. The third kappa shape index (κ3) is 2.18. The van der Waals surface area contributed by atoms with Crippen LogP contribution in [0.1, 0.15) is 23.0 Å². The molecule has 2 aromatic heterocycles. The quantitative estimate of drug-likeness (QED) is 0.690. The summed E-state index contributed by atoms with van der Waals surface area (Å²) >= 11 is 0. The van der Waals surface area contributed by atoms with Crippen LogP contribution < -0.4 is 0 Å². The van der Waals surface area contributed by atoms with Gasteiger partial charge in [0.2, 0.25) is 0 Å². The summed E-state index contributed by atoms with van der Waals surface area (Å²) in [6.45, 7) is 4.09. The number of hydrogen-bond donors (Lipinski definition) is 0. The molecule has 0 aliphatic carbocycles. The number of ether oxygens (including phenoxy) is 1. The highest BCUT2D eigenvalue weighted by molar-refractivity contribution is 6.06. The fraction of sp³-hybridized carbons (Fsp3) is 0.176. The number of carbonyl (C=O) groups excluding carboxylic acids is 1. The zero-order chi connectivity index (χ0) is 14.8. The third-order valence-corrected chi connectivity index (χ3v) is 3.47. The van der Waals surface area contributed by atoms with Crippen molar-refractivity contribution in [2.24, 2.45) is 0 Å². The maximum atomic E-state index is 12.3. The Morgan fingerprint density at radius 2 is 1.95 bits per heavy atom. The predicted octanol–water partition coefficient (Wildman–Crippen LogP) is 3.51. The van der Waals surface area contributed by atoms with E-state index in [1.807, 2.05) is 60.9 Å². The van der Waals surface area contributed by atoms with Crippen LogP contribution in [0.25, 0.3) is 16.7 Å². The summed E-state index contributed by atoms with van der Waals surface area (Å²) in [5.41, 5.74) is 2.41. The molecule has 21 heavy (non-hydrogen) atoms. The van der Waals surface area contributed by atoms with Gasteiger partial charge in [0.1, 0.15) is 5.82 Å². The molecule has 0 atom stereocenters. The van der Waals surface area contributed by atoms with Crippen LogP contribution in [0.4, 0.5) is 0 Å².